The highest BCUT2D eigenvalue weighted by atomic mass is 19.1. The van der Waals surface area contributed by atoms with Gasteiger partial charge in [-0.1, -0.05) is 0 Å². The van der Waals surface area contributed by atoms with Gasteiger partial charge in [0.1, 0.15) is 24.4 Å². The van der Waals surface area contributed by atoms with Crippen LogP contribution in [-0.2, 0) is 6.73 Å². The number of rotatable bonds is 7. The lowest BCUT2D eigenvalue weighted by atomic mass is 10.0. The van der Waals surface area contributed by atoms with E-state index >= 15 is 0 Å². The van der Waals surface area contributed by atoms with Gasteiger partial charge >= 0.3 is 0 Å². The first-order chi connectivity index (χ1) is 17.1. The second-order valence-electron chi connectivity index (χ2n) is 10.2. The minimum Gasteiger partial charge on any atom is -0.376 e. The van der Waals surface area contributed by atoms with Gasteiger partial charge in [0.05, 0.1) is 29.4 Å². The SMILES string of the molecule is CN1CCC(n2cc(Nc3nc(N[C@H]4CNCC[C@H]4F)c4c(C5CC5)cn(CO)c4n3)cn2)CC1. The summed E-state index contributed by atoms with van der Waals surface area (Å²) in [5.41, 5.74) is 2.58. The Kier molecular flexibility index (Phi) is 6.07. The van der Waals surface area contributed by atoms with Crippen molar-refractivity contribution in [3.05, 3.63) is 24.2 Å². The molecule has 2 saturated heterocycles. The summed E-state index contributed by atoms with van der Waals surface area (Å²) in [5, 5.41) is 25.4. The van der Waals surface area contributed by atoms with Gasteiger partial charge in [0.2, 0.25) is 5.95 Å². The number of anilines is 3. The Balaban J connectivity index is 1.32. The van der Waals surface area contributed by atoms with Crippen molar-refractivity contribution < 1.29 is 9.50 Å². The maximum atomic E-state index is 14.7. The van der Waals surface area contributed by atoms with Gasteiger partial charge in [0.15, 0.2) is 0 Å². The van der Waals surface area contributed by atoms with Crippen LogP contribution in [0.25, 0.3) is 11.0 Å². The topological polar surface area (TPSA) is 108 Å². The molecular weight excluding hydrogens is 449 g/mol. The van der Waals surface area contributed by atoms with Gasteiger partial charge in [-0.05, 0) is 70.3 Å². The molecule has 4 N–H and O–H groups in total. The first kappa shape index (κ1) is 22.7. The Bertz CT molecular complexity index is 1180. The molecule has 1 saturated carbocycles. The minimum absolute atomic E-state index is 0.177. The van der Waals surface area contributed by atoms with Crippen LogP contribution in [-0.4, -0.2) is 79.8 Å². The monoisotopic (exact) mass is 483 g/mol. The predicted octanol–water partition coefficient (Wildman–Crippen LogP) is 2.58. The van der Waals surface area contributed by atoms with Crippen molar-refractivity contribution in [1.29, 1.82) is 0 Å². The number of aliphatic hydroxyl groups excluding tert-OH is 1. The van der Waals surface area contributed by atoms with Crippen LogP contribution in [0, 0.1) is 0 Å². The molecule has 0 spiro atoms. The Morgan fingerprint density at radius 1 is 1.14 bits per heavy atom. The van der Waals surface area contributed by atoms with Crippen LogP contribution in [0.15, 0.2) is 18.6 Å². The average Bonchev–Trinajstić information content (AvgIpc) is 3.49. The van der Waals surface area contributed by atoms with E-state index in [-0.39, 0.29) is 12.8 Å². The van der Waals surface area contributed by atoms with E-state index in [1.165, 1.54) is 0 Å². The summed E-state index contributed by atoms with van der Waals surface area (Å²) < 4.78 is 18.5. The van der Waals surface area contributed by atoms with Gasteiger partial charge in [0, 0.05) is 18.9 Å². The lowest BCUT2D eigenvalue weighted by Crippen LogP contribution is -2.46. The molecule has 0 amide bonds. The molecule has 2 atom stereocenters. The summed E-state index contributed by atoms with van der Waals surface area (Å²) in [6.07, 6.45) is 9.64. The van der Waals surface area contributed by atoms with Crippen LogP contribution in [0.2, 0.25) is 0 Å². The highest BCUT2D eigenvalue weighted by molar-refractivity contribution is 5.93. The molecule has 3 aromatic heterocycles. The quantitative estimate of drug-likeness (QED) is 0.406. The lowest BCUT2D eigenvalue weighted by molar-refractivity contribution is 0.212. The summed E-state index contributed by atoms with van der Waals surface area (Å²) in [6.45, 7) is 3.17. The van der Waals surface area contributed by atoms with E-state index < -0.39 is 6.17 Å². The van der Waals surface area contributed by atoms with Crippen LogP contribution in [0.5, 0.6) is 0 Å². The fraction of sp³-hybridized carbons (Fsp3) is 0.625. The second-order valence-corrected chi connectivity index (χ2v) is 10.2. The van der Waals surface area contributed by atoms with E-state index in [4.69, 9.17) is 9.97 Å². The third kappa shape index (κ3) is 4.60. The molecule has 0 unspecified atom stereocenters. The van der Waals surface area contributed by atoms with Crippen molar-refractivity contribution >= 4 is 28.5 Å². The third-order valence-corrected chi connectivity index (χ3v) is 7.55. The zero-order valence-corrected chi connectivity index (χ0v) is 20.1. The van der Waals surface area contributed by atoms with E-state index in [9.17, 15) is 9.50 Å². The van der Waals surface area contributed by atoms with Gasteiger partial charge in [0.25, 0.3) is 0 Å². The average molecular weight is 484 g/mol. The molecule has 11 heteroatoms. The van der Waals surface area contributed by atoms with E-state index in [1.807, 2.05) is 17.1 Å². The van der Waals surface area contributed by atoms with E-state index in [1.54, 1.807) is 10.8 Å². The molecule has 3 aliphatic rings. The molecule has 3 fully saturated rings. The Hall–Kier alpha value is -2.76. The van der Waals surface area contributed by atoms with Crippen LogP contribution in [0.3, 0.4) is 0 Å². The van der Waals surface area contributed by atoms with E-state index in [2.05, 4.69) is 33.0 Å². The van der Waals surface area contributed by atoms with Crippen LogP contribution < -0.4 is 16.0 Å². The van der Waals surface area contributed by atoms with Crippen molar-refractivity contribution in [2.24, 2.45) is 0 Å². The number of nitrogens with zero attached hydrogens (tertiary/aromatic N) is 6. The van der Waals surface area contributed by atoms with Crippen molar-refractivity contribution in [3.63, 3.8) is 0 Å². The number of nitrogens with one attached hydrogen (secondary N) is 3. The normalized spacial score (nSPS) is 24.2. The highest BCUT2D eigenvalue weighted by Crippen LogP contribution is 2.45. The van der Waals surface area contributed by atoms with Gasteiger partial charge in [-0.25, -0.2) is 4.39 Å². The summed E-state index contributed by atoms with van der Waals surface area (Å²) in [4.78, 5) is 11.9. The molecule has 0 bridgehead atoms. The number of fused-ring (bicyclic) bond motifs is 1. The zero-order valence-electron chi connectivity index (χ0n) is 20.1. The highest BCUT2D eigenvalue weighted by Gasteiger charge is 2.32. The molecular formula is C24H34FN9O. The van der Waals surface area contributed by atoms with Gasteiger partial charge < -0.3 is 30.5 Å². The molecule has 0 radical (unpaired) electrons. The van der Waals surface area contributed by atoms with E-state index in [0.29, 0.717) is 48.9 Å². The summed E-state index contributed by atoms with van der Waals surface area (Å²) in [6, 6.07) is 0.0156. The van der Waals surface area contributed by atoms with Crippen LogP contribution in [0.4, 0.5) is 21.8 Å². The summed E-state index contributed by atoms with van der Waals surface area (Å²) in [7, 11) is 2.15. The Labute approximate surface area is 203 Å². The van der Waals surface area contributed by atoms with Gasteiger partial charge in [-0.15, -0.1) is 0 Å². The smallest absolute Gasteiger partial charge is 0.231 e. The van der Waals surface area contributed by atoms with Crippen molar-refractivity contribution in [3.8, 4) is 0 Å². The maximum Gasteiger partial charge on any atom is 0.231 e. The molecule has 10 nitrogen and oxygen atoms in total. The molecule has 5 heterocycles. The third-order valence-electron chi connectivity index (χ3n) is 7.55. The Morgan fingerprint density at radius 3 is 2.71 bits per heavy atom. The number of piperidine rings is 2. The molecule has 2 aliphatic heterocycles. The molecule has 1 aliphatic carbocycles. The second kappa shape index (κ2) is 9.36. The predicted molar refractivity (Wildman–Crippen MR) is 133 cm³/mol. The molecule has 35 heavy (non-hydrogen) atoms. The number of alkyl halides is 1. The largest absolute Gasteiger partial charge is 0.376 e. The Morgan fingerprint density at radius 2 is 1.97 bits per heavy atom. The van der Waals surface area contributed by atoms with Crippen LogP contribution in [0.1, 0.15) is 49.6 Å². The zero-order chi connectivity index (χ0) is 23.9. The molecule has 6 rings (SSSR count). The summed E-state index contributed by atoms with van der Waals surface area (Å²) >= 11 is 0. The van der Waals surface area contributed by atoms with Gasteiger partial charge in [-0.2, -0.15) is 15.1 Å². The maximum absolute atomic E-state index is 14.7. The minimum atomic E-state index is -0.949. The van der Waals surface area contributed by atoms with Crippen molar-refractivity contribution in [1.82, 2.24) is 34.5 Å². The number of aromatic nitrogens is 5. The van der Waals surface area contributed by atoms with Crippen molar-refractivity contribution in [2.75, 3.05) is 43.9 Å². The fourth-order valence-electron chi connectivity index (χ4n) is 5.32. The number of aliphatic hydroxyl groups is 1. The van der Waals surface area contributed by atoms with Gasteiger partial charge in [-0.3, -0.25) is 4.68 Å². The lowest BCUT2D eigenvalue weighted by Gasteiger charge is -2.28. The number of likely N-dealkylation sites (tertiary alicyclic amines) is 1. The number of halogens is 1. The summed E-state index contributed by atoms with van der Waals surface area (Å²) in [5.74, 6) is 1.45. The van der Waals surface area contributed by atoms with Crippen LogP contribution >= 0.6 is 0 Å². The number of hydrogen-bond acceptors (Lipinski definition) is 8. The molecule has 0 aromatic carbocycles. The number of hydrogen-bond donors (Lipinski definition) is 4. The molecule has 188 valence electrons. The first-order valence-corrected chi connectivity index (χ1v) is 12.7. The van der Waals surface area contributed by atoms with E-state index in [0.717, 1.165) is 55.4 Å². The van der Waals surface area contributed by atoms with Crippen molar-refractivity contribution in [2.45, 2.75) is 63.0 Å². The fourth-order valence-corrected chi connectivity index (χ4v) is 5.32. The standard InChI is InChI=1S/C24H34FN9O/c1-32-8-5-17(6-9-32)34-12-16(10-27-34)28-24-30-22(29-20-11-26-7-4-19(20)25)21-18(15-2-3-15)13-33(14-35)23(21)31-24/h10,12-13,15,17,19-20,26,35H,2-9,11,14H2,1H3,(H2,28,29,30,31)/t19-,20+/m1/s1. The molecule has 3 aromatic rings. The first-order valence-electron chi connectivity index (χ1n) is 12.7.